The highest BCUT2D eigenvalue weighted by Gasteiger charge is 2.45. The summed E-state index contributed by atoms with van der Waals surface area (Å²) in [5.74, 6) is -2.37. The van der Waals surface area contributed by atoms with Crippen LogP contribution in [0, 0.1) is 6.92 Å². The lowest BCUT2D eigenvalue weighted by atomic mass is 9.87. The third-order valence-corrected chi connectivity index (χ3v) is 4.60. The van der Waals surface area contributed by atoms with Crippen molar-refractivity contribution in [2.45, 2.75) is 50.5 Å². The Bertz CT molecular complexity index is 566. The summed E-state index contributed by atoms with van der Waals surface area (Å²) in [4.78, 5) is 12.3. The molecular formula is C17H23ClF2N2O. The first kappa shape index (κ1) is 18.1. The number of nitrogens with one attached hydrogen (secondary N) is 2. The predicted molar refractivity (Wildman–Crippen MR) is 88.7 cm³/mol. The van der Waals surface area contributed by atoms with E-state index in [4.69, 9.17) is 0 Å². The van der Waals surface area contributed by atoms with Crippen molar-refractivity contribution in [2.24, 2.45) is 0 Å². The van der Waals surface area contributed by atoms with E-state index >= 15 is 0 Å². The van der Waals surface area contributed by atoms with E-state index in [0.29, 0.717) is 11.5 Å². The van der Waals surface area contributed by atoms with E-state index in [2.05, 4.69) is 16.7 Å². The summed E-state index contributed by atoms with van der Waals surface area (Å²) in [7, 11) is 0. The first-order chi connectivity index (χ1) is 10.4. The predicted octanol–water partition coefficient (Wildman–Crippen LogP) is 3.41. The zero-order valence-corrected chi connectivity index (χ0v) is 14.0. The molecule has 1 aliphatic heterocycles. The Kier molecular flexibility index (Phi) is 5.63. The maximum atomic E-state index is 12.9. The van der Waals surface area contributed by atoms with Crippen LogP contribution in [0.4, 0.5) is 8.78 Å². The smallest absolute Gasteiger partial charge is 0.252 e. The second-order valence-corrected chi connectivity index (χ2v) is 6.59. The lowest BCUT2D eigenvalue weighted by Gasteiger charge is -2.35. The monoisotopic (exact) mass is 344 g/mol. The third kappa shape index (κ3) is 4.42. The van der Waals surface area contributed by atoms with E-state index in [-0.39, 0.29) is 31.2 Å². The lowest BCUT2D eigenvalue weighted by molar-refractivity contribution is -0.0901. The molecule has 0 unspecified atom stereocenters. The summed E-state index contributed by atoms with van der Waals surface area (Å²) < 4.78 is 25.7. The highest BCUT2D eigenvalue weighted by molar-refractivity contribution is 5.94. The van der Waals surface area contributed by atoms with Crippen LogP contribution in [-0.2, 0) is 0 Å². The second-order valence-electron chi connectivity index (χ2n) is 6.59. The van der Waals surface area contributed by atoms with Gasteiger partial charge in [-0.1, -0.05) is 11.6 Å². The SMILES string of the molecule is Cc1cc(C(=O)NC2CC(F)(F)C2)cc(C2CCNCC2)c1.Cl. The number of hydrogen-bond acceptors (Lipinski definition) is 2. The van der Waals surface area contributed by atoms with Gasteiger partial charge in [0.15, 0.2) is 0 Å². The molecule has 1 saturated carbocycles. The van der Waals surface area contributed by atoms with Crippen molar-refractivity contribution in [2.75, 3.05) is 13.1 Å². The molecule has 6 heteroatoms. The Balaban J connectivity index is 0.00000192. The van der Waals surface area contributed by atoms with Gasteiger partial charge in [-0.15, -0.1) is 12.4 Å². The number of carbonyl (C=O) groups excluding carboxylic acids is 1. The first-order valence-corrected chi connectivity index (χ1v) is 7.94. The average molecular weight is 345 g/mol. The summed E-state index contributed by atoms with van der Waals surface area (Å²) in [6, 6.07) is 5.49. The van der Waals surface area contributed by atoms with Crippen molar-refractivity contribution in [1.82, 2.24) is 10.6 Å². The van der Waals surface area contributed by atoms with Gasteiger partial charge in [0.05, 0.1) is 0 Å². The van der Waals surface area contributed by atoms with Crippen molar-refractivity contribution in [1.29, 1.82) is 0 Å². The van der Waals surface area contributed by atoms with E-state index in [1.54, 1.807) is 0 Å². The Hall–Kier alpha value is -1.20. The topological polar surface area (TPSA) is 41.1 Å². The first-order valence-electron chi connectivity index (χ1n) is 7.94. The number of amides is 1. The van der Waals surface area contributed by atoms with Crippen LogP contribution in [0.15, 0.2) is 18.2 Å². The molecule has 2 aliphatic rings. The molecule has 0 radical (unpaired) electrons. The highest BCUT2D eigenvalue weighted by atomic mass is 35.5. The molecule has 2 N–H and O–H groups in total. The van der Waals surface area contributed by atoms with Crippen LogP contribution in [0.25, 0.3) is 0 Å². The van der Waals surface area contributed by atoms with Gasteiger partial charge in [-0.2, -0.15) is 0 Å². The second kappa shape index (κ2) is 7.14. The molecule has 1 aromatic rings. The van der Waals surface area contributed by atoms with Crippen molar-refractivity contribution < 1.29 is 13.6 Å². The van der Waals surface area contributed by atoms with Crippen LogP contribution in [0.1, 0.15) is 53.1 Å². The van der Waals surface area contributed by atoms with Crippen molar-refractivity contribution in [3.63, 3.8) is 0 Å². The fourth-order valence-corrected chi connectivity index (χ4v) is 3.37. The Morgan fingerprint density at radius 2 is 1.87 bits per heavy atom. The number of benzene rings is 1. The number of halogens is 3. The van der Waals surface area contributed by atoms with Crippen molar-refractivity contribution >= 4 is 18.3 Å². The lowest BCUT2D eigenvalue weighted by Crippen LogP contribution is -2.50. The standard InChI is InChI=1S/C17H22F2N2O.ClH/c1-11-6-13(12-2-4-20-5-3-12)8-14(7-11)16(22)21-15-9-17(18,19)10-15;/h6-8,12,15,20H,2-5,9-10H2,1H3,(H,21,22);1H. The molecule has 2 fully saturated rings. The van der Waals surface area contributed by atoms with Crippen LogP contribution in [0.2, 0.25) is 0 Å². The molecular weight excluding hydrogens is 322 g/mol. The number of piperidine rings is 1. The average Bonchev–Trinajstić information content (AvgIpc) is 2.45. The molecule has 1 amide bonds. The molecule has 128 valence electrons. The van der Waals surface area contributed by atoms with Gasteiger partial charge in [0.25, 0.3) is 11.8 Å². The summed E-state index contributed by atoms with van der Waals surface area (Å²) in [6.07, 6.45) is 1.65. The molecule has 0 spiro atoms. The zero-order chi connectivity index (χ0) is 15.7. The molecule has 1 aromatic carbocycles. The maximum Gasteiger partial charge on any atom is 0.252 e. The van der Waals surface area contributed by atoms with Crippen molar-refractivity contribution in [3.05, 3.63) is 34.9 Å². The van der Waals surface area contributed by atoms with E-state index in [0.717, 1.165) is 31.5 Å². The number of rotatable bonds is 3. The van der Waals surface area contributed by atoms with Gasteiger partial charge in [0.2, 0.25) is 0 Å². The highest BCUT2D eigenvalue weighted by Crippen LogP contribution is 2.37. The number of alkyl halides is 2. The van der Waals surface area contributed by atoms with Crippen LogP contribution in [0.3, 0.4) is 0 Å². The Morgan fingerprint density at radius 1 is 1.22 bits per heavy atom. The fourth-order valence-electron chi connectivity index (χ4n) is 3.37. The summed E-state index contributed by atoms with van der Waals surface area (Å²) in [6.45, 7) is 3.97. The Morgan fingerprint density at radius 3 is 2.48 bits per heavy atom. The van der Waals surface area contributed by atoms with Crippen LogP contribution < -0.4 is 10.6 Å². The van der Waals surface area contributed by atoms with E-state index in [1.165, 1.54) is 5.56 Å². The van der Waals surface area contributed by atoms with Crippen LogP contribution >= 0.6 is 12.4 Å². The molecule has 1 heterocycles. The van der Waals surface area contributed by atoms with Crippen molar-refractivity contribution in [3.8, 4) is 0 Å². The van der Waals surface area contributed by atoms with Gasteiger partial charge >= 0.3 is 0 Å². The minimum atomic E-state index is -2.61. The van der Waals surface area contributed by atoms with Gasteiger partial charge in [0, 0.05) is 24.4 Å². The van der Waals surface area contributed by atoms with Gasteiger partial charge in [-0.3, -0.25) is 4.79 Å². The molecule has 0 bridgehead atoms. The molecule has 1 saturated heterocycles. The van der Waals surface area contributed by atoms with Gasteiger partial charge in [-0.05, 0) is 56.5 Å². The minimum absolute atomic E-state index is 0. The molecule has 23 heavy (non-hydrogen) atoms. The van der Waals surface area contributed by atoms with Crippen LogP contribution in [-0.4, -0.2) is 31.0 Å². The number of hydrogen-bond donors (Lipinski definition) is 2. The van der Waals surface area contributed by atoms with E-state index in [9.17, 15) is 13.6 Å². The quantitative estimate of drug-likeness (QED) is 0.882. The van der Waals surface area contributed by atoms with Gasteiger partial charge in [-0.25, -0.2) is 8.78 Å². The molecule has 1 aliphatic carbocycles. The van der Waals surface area contributed by atoms with Crippen LogP contribution in [0.5, 0.6) is 0 Å². The summed E-state index contributed by atoms with van der Waals surface area (Å²) in [5.41, 5.74) is 2.81. The fraction of sp³-hybridized carbons (Fsp3) is 0.588. The largest absolute Gasteiger partial charge is 0.349 e. The summed E-state index contributed by atoms with van der Waals surface area (Å²) >= 11 is 0. The van der Waals surface area contributed by atoms with E-state index in [1.807, 2.05) is 19.1 Å². The number of carbonyl (C=O) groups is 1. The Labute approximate surface area is 141 Å². The molecule has 0 atom stereocenters. The molecule has 0 aromatic heterocycles. The summed E-state index contributed by atoms with van der Waals surface area (Å²) in [5, 5.41) is 6.05. The van der Waals surface area contributed by atoms with Gasteiger partial charge in [0.1, 0.15) is 0 Å². The minimum Gasteiger partial charge on any atom is -0.349 e. The molecule has 3 nitrogen and oxygen atoms in total. The zero-order valence-electron chi connectivity index (χ0n) is 13.2. The maximum absolute atomic E-state index is 12.9. The number of aryl methyl sites for hydroxylation is 1. The molecule has 3 rings (SSSR count). The third-order valence-electron chi connectivity index (χ3n) is 4.60. The van der Waals surface area contributed by atoms with E-state index < -0.39 is 12.0 Å². The normalized spacial score (nSPS) is 21.2. The van der Waals surface area contributed by atoms with Gasteiger partial charge < -0.3 is 10.6 Å².